The molecule has 18 heavy (non-hydrogen) atoms. The number of carbonyl (C=O) groups is 1. The molecule has 1 aromatic carbocycles. The Balaban J connectivity index is 2.06. The van der Waals surface area contributed by atoms with Crippen molar-refractivity contribution in [2.75, 3.05) is 12.8 Å². The molecule has 0 saturated heterocycles. The number of hydrogen-bond acceptors (Lipinski definition) is 4. The van der Waals surface area contributed by atoms with Crippen molar-refractivity contribution in [3.05, 3.63) is 46.2 Å². The molecule has 2 rings (SSSR count). The van der Waals surface area contributed by atoms with Gasteiger partial charge in [-0.1, -0.05) is 6.07 Å². The second-order valence-corrected chi connectivity index (χ2v) is 4.79. The molecule has 2 aromatic rings. The van der Waals surface area contributed by atoms with Crippen LogP contribution in [-0.2, 0) is 6.54 Å². The lowest BCUT2D eigenvalue weighted by Crippen LogP contribution is -2.22. The van der Waals surface area contributed by atoms with E-state index in [1.165, 1.54) is 0 Å². The summed E-state index contributed by atoms with van der Waals surface area (Å²) in [6.45, 7) is 0.521. The highest BCUT2D eigenvalue weighted by Crippen LogP contribution is 2.18. The number of carbonyl (C=O) groups excluding carboxylic acids is 1. The van der Waals surface area contributed by atoms with Crippen LogP contribution in [0, 0.1) is 0 Å². The summed E-state index contributed by atoms with van der Waals surface area (Å²) in [7, 11) is 1.54. The van der Waals surface area contributed by atoms with Crippen molar-refractivity contribution in [2.45, 2.75) is 6.54 Å². The summed E-state index contributed by atoms with van der Waals surface area (Å²) in [5, 5.41) is 4.82. The fraction of sp³-hybridized carbons (Fsp3) is 0.154. The predicted octanol–water partition coefficient (Wildman–Crippen LogP) is 2.27. The van der Waals surface area contributed by atoms with E-state index in [9.17, 15) is 4.79 Å². The normalized spacial score (nSPS) is 10.1. The average Bonchev–Trinajstić information content (AvgIpc) is 2.88. The highest BCUT2D eigenvalue weighted by Gasteiger charge is 2.08. The summed E-state index contributed by atoms with van der Waals surface area (Å²) in [6, 6.07) is 8.91. The van der Waals surface area contributed by atoms with E-state index in [-0.39, 0.29) is 5.91 Å². The second kappa shape index (κ2) is 5.55. The molecule has 0 fully saturated rings. The van der Waals surface area contributed by atoms with Gasteiger partial charge in [0.05, 0.1) is 13.7 Å². The summed E-state index contributed by atoms with van der Waals surface area (Å²) in [5.41, 5.74) is 6.72. The summed E-state index contributed by atoms with van der Waals surface area (Å²) >= 11 is 1.61. The lowest BCUT2D eigenvalue weighted by molar-refractivity contribution is 0.0951. The van der Waals surface area contributed by atoms with E-state index >= 15 is 0 Å². The largest absolute Gasteiger partial charge is 0.497 e. The van der Waals surface area contributed by atoms with Crippen molar-refractivity contribution in [3.63, 3.8) is 0 Å². The smallest absolute Gasteiger partial charge is 0.251 e. The van der Waals surface area contributed by atoms with Crippen LogP contribution in [0.1, 0.15) is 15.2 Å². The molecular formula is C13H14N2O2S. The van der Waals surface area contributed by atoms with Crippen LogP contribution in [0.2, 0.25) is 0 Å². The van der Waals surface area contributed by atoms with Crippen LogP contribution in [0.25, 0.3) is 0 Å². The van der Waals surface area contributed by atoms with Gasteiger partial charge in [-0.05, 0) is 23.6 Å². The third kappa shape index (κ3) is 3.01. The van der Waals surface area contributed by atoms with Gasteiger partial charge in [0.25, 0.3) is 5.91 Å². The molecule has 94 valence electrons. The van der Waals surface area contributed by atoms with Gasteiger partial charge in [0.15, 0.2) is 0 Å². The molecular weight excluding hydrogens is 248 g/mol. The van der Waals surface area contributed by atoms with Crippen molar-refractivity contribution < 1.29 is 9.53 Å². The maximum atomic E-state index is 11.9. The molecule has 0 aliphatic heterocycles. The van der Waals surface area contributed by atoms with Gasteiger partial charge in [-0.2, -0.15) is 0 Å². The van der Waals surface area contributed by atoms with E-state index in [1.807, 2.05) is 17.5 Å². The number of amides is 1. The SMILES string of the molecule is COc1cc(N)cc(C(=O)NCc2cccs2)c1. The van der Waals surface area contributed by atoms with Crippen molar-refractivity contribution in [2.24, 2.45) is 0 Å². The number of nitrogens with two attached hydrogens (primary N) is 1. The Morgan fingerprint density at radius 1 is 1.44 bits per heavy atom. The number of methoxy groups -OCH3 is 1. The minimum Gasteiger partial charge on any atom is -0.497 e. The van der Waals surface area contributed by atoms with E-state index < -0.39 is 0 Å². The molecule has 0 atom stereocenters. The minimum absolute atomic E-state index is 0.158. The third-order valence-electron chi connectivity index (χ3n) is 2.43. The highest BCUT2D eigenvalue weighted by atomic mass is 32.1. The molecule has 0 unspecified atom stereocenters. The zero-order valence-electron chi connectivity index (χ0n) is 9.97. The first kappa shape index (κ1) is 12.4. The lowest BCUT2D eigenvalue weighted by atomic mass is 10.1. The van der Waals surface area contributed by atoms with Gasteiger partial charge in [-0.25, -0.2) is 0 Å². The zero-order chi connectivity index (χ0) is 13.0. The molecule has 0 spiro atoms. The number of nitrogens with one attached hydrogen (secondary N) is 1. The Kier molecular flexibility index (Phi) is 3.84. The van der Waals surface area contributed by atoms with E-state index in [2.05, 4.69) is 5.32 Å². The Hall–Kier alpha value is -2.01. The molecule has 0 bridgehead atoms. The number of nitrogen functional groups attached to an aromatic ring is 1. The van der Waals surface area contributed by atoms with Crippen LogP contribution in [-0.4, -0.2) is 13.0 Å². The quantitative estimate of drug-likeness (QED) is 0.831. The third-order valence-corrected chi connectivity index (χ3v) is 3.31. The highest BCUT2D eigenvalue weighted by molar-refractivity contribution is 7.09. The Bertz CT molecular complexity index is 538. The molecule has 0 saturated carbocycles. The summed E-state index contributed by atoms with van der Waals surface area (Å²) in [6.07, 6.45) is 0. The Labute approximate surface area is 109 Å². The maximum Gasteiger partial charge on any atom is 0.251 e. The molecule has 0 aliphatic rings. The van der Waals surface area contributed by atoms with Crippen molar-refractivity contribution >= 4 is 22.9 Å². The van der Waals surface area contributed by atoms with E-state index in [0.29, 0.717) is 23.5 Å². The molecule has 1 aromatic heterocycles. The Morgan fingerprint density at radius 2 is 2.28 bits per heavy atom. The fourth-order valence-electron chi connectivity index (χ4n) is 1.55. The number of rotatable bonds is 4. The molecule has 3 N–H and O–H groups in total. The van der Waals surface area contributed by atoms with Gasteiger partial charge in [0, 0.05) is 22.2 Å². The maximum absolute atomic E-state index is 11.9. The molecule has 1 amide bonds. The average molecular weight is 262 g/mol. The second-order valence-electron chi connectivity index (χ2n) is 3.76. The first-order chi connectivity index (χ1) is 8.69. The standard InChI is InChI=1S/C13H14N2O2S/c1-17-11-6-9(5-10(14)7-11)13(16)15-8-12-3-2-4-18-12/h2-7H,8,14H2,1H3,(H,15,16). The van der Waals surface area contributed by atoms with Crippen LogP contribution < -0.4 is 15.8 Å². The predicted molar refractivity (Wildman–Crippen MR) is 72.9 cm³/mol. The monoisotopic (exact) mass is 262 g/mol. The fourth-order valence-corrected chi connectivity index (χ4v) is 2.20. The number of benzene rings is 1. The molecule has 4 nitrogen and oxygen atoms in total. The van der Waals surface area contributed by atoms with Crippen molar-refractivity contribution in [1.29, 1.82) is 0 Å². The number of ether oxygens (including phenoxy) is 1. The molecule has 5 heteroatoms. The lowest BCUT2D eigenvalue weighted by Gasteiger charge is -2.07. The first-order valence-corrected chi connectivity index (χ1v) is 6.32. The van der Waals surface area contributed by atoms with Crippen LogP contribution in [0.4, 0.5) is 5.69 Å². The molecule has 0 radical (unpaired) electrons. The van der Waals surface area contributed by atoms with Gasteiger partial charge in [0.1, 0.15) is 5.75 Å². The van der Waals surface area contributed by atoms with Crippen LogP contribution in [0.5, 0.6) is 5.75 Å². The van der Waals surface area contributed by atoms with E-state index in [4.69, 9.17) is 10.5 Å². The molecule has 1 heterocycles. The van der Waals surface area contributed by atoms with Gasteiger partial charge in [0.2, 0.25) is 0 Å². The first-order valence-electron chi connectivity index (χ1n) is 5.44. The molecule has 0 aliphatic carbocycles. The summed E-state index contributed by atoms with van der Waals surface area (Å²) in [4.78, 5) is 13.1. The van der Waals surface area contributed by atoms with Crippen LogP contribution in [0.15, 0.2) is 35.7 Å². The van der Waals surface area contributed by atoms with Gasteiger partial charge in [-0.15, -0.1) is 11.3 Å². The number of thiophene rings is 1. The van der Waals surface area contributed by atoms with Gasteiger partial charge in [-0.3, -0.25) is 4.79 Å². The Morgan fingerprint density at radius 3 is 2.94 bits per heavy atom. The van der Waals surface area contributed by atoms with Gasteiger partial charge < -0.3 is 15.8 Å². The topological polar surface area (TPSA) is 64.3 Å². The van der Waals surface area contributed by atoms with Crippen LogP contribution in [0.3, 0.4) is 0 Å². The van der Waals surface area contributed by atoms with E-state index in [0.717, 1.165) is 4.88 Å². The summed E-state index contributed by atoms with van der Waals surface area (Å²) in [5.74, 6) is 0.422. The van der Waals surface area contributed by atoms with Crippen LogP contribution >= 0.6 is 11.3 Å². The van der Waals surface area contributed by atoms with Gasteiger partial charge >= 0.3 is 0 Å². The minimum atomic E-state index is -0.158. The number of hydrogen-bond donors (Lipinski definition) is 2. The zero-order valence-corrected chi connectivity index (χ0v) is 10.8. The van der Waals surface area contributed by atoms with Crippen molar-refractivity contribution in [1.82, 2.24) is 5.32 Å². The van der Waals surface area contributed by atoms with Crippen molar-refractivity contribution in [3.8, 4) is 5.75 Å². The summed E-state index contributed by atoms with van der Waals surface area (Å²) < 4.78 is 5.08. The number of anilines is 1. The van der Waals surface area contributed by atoms with E-state index in [1.54, 1.807) is 36.6 Å².